The molecule has 1 nitrogen and oxygen atoms in total. The van der Waals surface area contributed by atoms with Crippen molar-refractivity contribution in [2.75, 3.05) is 11.9 Å². The molecule has 0 saturated heterocycles. The molecule has 0 N–H and O–H groups in total. The number of nitrogens with zero attached hydrogens (tertiary/aromatic N) is 1. The van der Waals surface area contributed by atoms with Crippen LogP contribution in [0, 0.1) is 6.92 Å². The van der Waals surface area contributed by atoms with E-state index in [4.69, 9.17) is 0 Å². The largest absolute Gasteiger partial charge is 0.344 e. The summed E-state index contributed by atoms with van der Waals surface area (Å²) in [6.45, 7) is 6.83. The summed E-state index contributed by atoms with van der Waals surface area (Å²) in [5.41, 5.74) is 7.94. The third-order valence-corrected chi connectivity index (χ3v) is 5.80. The van der Waals surface area contributed by atoms with Crippen molar-refractivity contribution in [3.05, 3.63) is 82.2 Å². The van der Waals surface area contributed by atoms with Gasteiger partial charge in [0.1, 0.15) is 0 Å². The number of benzene rings is 3. The summed E-state index contributed by atoms with van der Waals surface area (Å²) in [6.07, 6.45) is 7.04. The fourth-order valence-corrected chi connectivity index (χ4v) is 4.25. The summed E-state index contributed by atoms with van der Waals surface area (Å²) >= 11 is 0. The van der Waals surface area contributed by atoms with E-state index in [9.17, 15) is 0 Å². The average molecular weight is 368 g/mol. The lowest BCUT2D eigenvalue weighted by molar-refractivity contribution is 0.868. The van der Waals surface area contributed by atoms with Crippen molar-refractivity contribution in [3.63, 3.8) is 0 Å². The standard InChI is InChI=1S/C27H29N/c1-19(2)24-15-10-16-26(28(4)23-13-6-5-7-14-23)27(24)25-18-22-12-9-8-11-21(22)17-20(25)3/h5-7,10-19H,8-9H2,1-4H3. The second-order valence-electron chi connectivity index (χ2n) is 8.07. The third-order valence-electron chi connectivity index (χ3n) is 5.80. The fourth-order valence-electron chi connectivity index (χ4n) is 4.25. The van der Waals surface area contributed by atoms with E-state index >= 15 is 0 Å². The van der Waals surface area contributed by atoms with Gasteiger partial charge in [-0.2, -0.15) is 0 Å². The predicted octanol–water partition coefficient (Wildman–Crippen LogP) is 5.91. The van der Waals surface area contributed by atoms with Crippen LogP contribution in [0.4, 0.5) is 11.4 Å². The lowest BCUT2D eigenvalue weighted by atomic mass is 9.87. The summed E-state index contributed by atoms with van der Waals surface area (Å²) in [5.74, 6) is 0.463. The molecule has 28 heavy (non-hydrogen) atoms. The first-order valence-corrected chi connectivity index (χ1v) is 10.3. The van der Waals surface area contributed by atoms with Gasteiger partial charge in [0, 0.05) is 24.0 Å². The van der Waals surface area contributed by atoms with Gasteiger partial charge in [0.25, 0.3) is 0 Å². The first-order valence-electron chi connectivity index (χ1n) is 10.3. The first kappa shape index (κ1) is 18.6. The molecule has 1 heteroatoms. The van der Waals surface area contributed by atoms with Gasteiger partial charge in [-0.25, -0.2) is 0 Å². The average Bonchev–Trinajstić information content (AvgIpc) is 2.72. The van der Waals surface area contributed by atoms with Gasteiger partial charge < -0.3 is 4.90 Å². The van der Waals surface area contributed by atoms with E-state index in [1.807, 2.05) is 0 Å². The molecule has 0 fully saturated rings. The molecule has 0 heterocycles. The van der Waals surface area contributed by atoms with Gasteiger partial charge in [0.15, 0.2) is 0 Å². The van der Waals surface area contributed by atoms with E-state index < -0.39 is 0 Å². The maximum absolute atomic E-state index is 2.41. The van der Waals surface area contributed by atoms with Crippen LogP contribution < -0.4 is 15.3 Å². The number of aryl methyl sites for hydroxylation is 1. The first-order chi connectivity index (χ1) is 13.6. The van der Waals surface area contributed by atoms with Crippen molar-refractivity contribution >= 4 is 23.5 Å². The normalized spacial score (nSPS) is 12.9. The van der Waals surface area contributed by atoms with E-state index in [-0.39, 0.29) is 0 Å². The van der Waals surface area contributed by atoms with Crippen LogP contribution in [0.3, 0.4) is 0 Å². The van der Waals surface area contributed by atoms with Crippen LogP contribution in [-0.2, 0) is 0 Å². The minimum Gasteiger partial charge on any atom is -0.344 e. The summed E-state index contributed by atoms with van der Waals surface area (Å²) in [6, 6.07) is 22.1. The van der Waals surface area contributed by atoms with Gasteiger partial charge >= 0.3 is 0 Å². The maximum Gasteiger partial charge on any atom is 0.0490 e. The van der Waals surface area contributed by atoms with Gasteiger partial charge in [-0.3, -0.25) is 0 Å². The molecule has 3 aromatic carbocycles. The molecule has 4 rings (SSSR count). The van der Waals surface area contributed by atoms with E-state index in [1.54, 1.807) is 0 Å². The van der Waals surface area contributed by atoms with Crippen LogP contribution >= 0.6 is 0 Å². The maximum atomic E-state index is 2.41. The molecule has 1 aliphatic carbocycles. The molecule has 0 saturated carbocycles. The minimum atomic E-state index is 0.463. The SMILES string of the molecule is Cc1cc2c(cc1-c1c(C(C)C)cccc1N(C)c1ccccc1)=CCCC=2. The summed E-state index contributed by atoms with van der Waals surface area (Å²) in [4.78, 5) is 2.32. The lowest BCUT2D eigenvalue weighted by Gasteiger charge is -2.27. The molecule has 3 aromatic rings. The minimum absolute atomic E-state index is 0.463. The lowest BCUT2D eigenvalue weighted by Crippen LogP contribution is -2.27. The highest BCUT2D eigenvalue weighted by Crippen LogP contribution is 2.40. The molecule has 1 aliphatic rings. The summed E-state index contributed by atoms with van der Waals surface area (Å²) < 4.78 is 0. The molecule has 0 atom stereocenters. The third kappa shape index (κ3) is 3.38. The quantitative estimate of drug-likeness (QED) is 0.554. The van der Waals surface area contributed by atoms with Crippen molar-refractivity contribution in [1.29, 1.82) is 0 Å². The number of para-hydroxylation sites is 1. The zero-order valence-electron chi connectivity index (χ0n) is 17.4. The van der Waals surface area contributed by atoms with E-state index in [2.05, 4.69) is 106 Å². The van der Waals surface area contributed by atoms with Gasteiger partial charge in [-0.15, -0.1) is 0 Å². The predicted molar refractivity (Wildman–Crippen MR) is 123 cm³/mol. The zero-order valence-corrected chi connectivity index (χ0v) is 17.4. The Morgan fingerprint density at radius 3 is 2.18 bits per heavy atom. The van der Waals surface area contributed by atoms with Crippen LogP contribution in [0.5, 0.6) is 0 Å². The number of hydrogen-bond acceptors (Lipinski definition) is 1. The smallest absolute Gasteiger partial charge is 0.0490 e. The molecule has 0 unspecified atom stereocenters. The van der Waals surface area contributed by atoms with E-state index in [0.717, 1.165) is 12.8 Å². The van der Waals surface area contributed by atoms with Gasteiger partial charge in [-0.05, 0) is 77.1 Å². The van der Waals surface area contributed by atoms with Crippen molar-refractivity contribution in [3.8, 4) is 11.1 Å². The zero-order chi connectivity index (χ0) is 19.7. The van der Waals surface area contributed by atoms with Crippen molar-refractivity contribution in [2.24, 2.45) is 0 Å². The molecular formula is C27H29N. The number of anilines is 2. The number of hydrogen-bond donors (Lipinski definition) is 0. The Kier molecular flexibility index (Phi) is 5.09. The Bertz CT molecular complexity index is 1110. The highest BCUT2D eigenvalue weighted by Gasteiger charge is 2.18. The number of fused-ring (bicyclic) bond motifs is 1. The van der Waals surface area contributed by atoms with Crippen LogP contribution in [0.2, 0.25) is 0 Å². The Labute approximate surface area is 168 Å². The molecule has 0 spiro atoms. The second-order valence-corrected chi connectivity index (χ2v) is 8.07. The van der Waals surface area contributed by atoms with Crippen LogP contribution in [0.15, 0.2) is 60.7 Å². The Hall–Kier alpha value is -2.80. The topological polar surface area (TPSA) is 3.24 Å². The molecular weight excluding hydrogens is 338 g/mol. The summed E-state index contributed by atoms with van der Waals surface area (Å²) in [5, 5.41) is 2.76. The van der Waals surface area contributed by atoms with Gasteiger partial charge in [-0.1, -0.05) is 62.4 Å². The van der Waals surface area contributed by atoms with Crippen LogP contribution in [0.1, 0.15) is 43.7 Å². The Morgan fingerprint density at radius 1 is 0.821 bits per heavy atom. The van der Waals surface area contributed by atoms with Gasteiger partial charge in [0.2, 0.25) is 0 Å². The highest BCUT2D eigenvalue weighted by molar-refractivity contribution is 5.86. The van der Waals surface area contributed by atoms with Crippen LogP contribution in [0.25, 0.3) is 23.3 Å². The molecule has 142 valence electrons. The van der Waals surface area contributed by atoms with Gasteiger partial charge in [0.05, 0.1) is 0 Å². The Morgan fingerprint density at radius 2 is 1.50 bits per heavy atom. The van der Waals surface area contributed by atoms with Crippen molar-refractivity contribution < 1.29 is 0 Å². The van der Waals surface area contributed by atoms with Crippen LogP contribution in [-0.4, -0.2) is 7.05 Å². The number of rotatable bonds is 4. The molecule has 0 radical (unpaired) electrons. The molecule has 0 bridgehead atoms. The summed E-state index contributed by atoms with van der Waals surface area (Å²) in [7, 11) is 2.17. The molecule has 0 aromatic heterocycles. The monoisotopic (exact) mass is 367 g/mol. The van der Waals surface area contributed by atoms with Crippen molar-refractivity contribution in [2.45, 2.75) is 39.5 Å². The molecule has 0 aliphatic heterocycles. The fraction of sp³-hybridized carbons (Fsp3) is 0.259. The van der Waals surface area contributed by atoms with E-state index in [1.165, 1.54) is 44.1 Å². The second kappa shape index (κ2) is 7.67. The highest BCUT2D eigenvalue weighted by atomic mass is 15.1. The van der Waals surface area contributed by atoms with Crippen molar-refractivity contribution in [1.82, 2.24) is 0 Å². The van der Waals surface area contributed by atoms with E-state index in [0.29, 0.717) is 5.92 Å². The molecule has 0 amide bonds. The Balaban J connectivity index is 1.99.